The Kier molecular flexibility index (Phi) is 8.63. The van der Waals surface area contributed by atoms with Gasteiger partial charge in [0.15, 0.2) is 16.1 Å². The summed E-state index contributed by atoms with van der Waals surface area (Å²) >= 11 is 0. The molecule has 1 heterocycles. The molecule has 1 aromatic heterocycles. The molecule has 11 nitrogen and oxygen atoms in total. The van der Waals surface area contributed by atoms with E-state index in [-0.39, 0.29) is 24.0 Å². The van der Waals surface area contributed by atoms with E-state index >= 15 is 0 Å². The lowest BCUT2D eigenvalue weighted by Gasteiger charge is -2.30. The van der Waals surface area contributed by atoms with Gasteiger partial charge in [-0.2, -0.15) is 4.98 Å². The summed E-state index contributed by atoms with van der Waals surface area (Å²) in [6.45, 7) is 8.64. The van der Waals surface area contributed by atoms with Gasteiger partial charge in [0.05, 0.1) is 11.5 Å². The van der Waals surface area contributed by atoms with Crippen molar-refractivity contribution < 1.29 is 32.4 Å². The average Bonchev–Trinajstić information content (AvgIpc) is 3.33. The maximum absolute atomic E-state index is 13.3. The van der Waals surface area contributed by atoms with Crippen molar-refractivity contribution in [3.05, 3.63) is 11.7 Å². The quantitative estimate of drug-likeness (QED) is 0.455. The van der Waals surface area contributed by atoms with Gasteiger partial charge in [0, 0.05) is 13.0 Å². The monoisotopic (exact) mass is 474 g/mol. The minimum Gasteiger partial charge on any atom is -0.444 e. The van der Waals surface area contributed by atoms with E-state index in [4.69, 9.17) is 9.26 Å². The third kappa shape index (κ3) is 8.05. The molecule has 1 fully saturated rings. The van der Waals surface area contributed by atoms with E-state index in [9.17, 15) is 23.1 Å². The largest absolute Gasteiger partial charge is 0.444 e. The number of hydrogen-bond donors (Lipinski definition) is 2. The van der Waals surface area contributed by atoms with Crippen molar-refractivity contribution >= 4 is 21.8 Å². The molecule has 0 aromatic carbocycles. The highest BCUT2D eigenvalue weighted by molar-refractivity contribution is 7.91. The molecule has 1 saturated carbocycles. The van der Waals surface area contributed by atoms with Gasteiger partial charge >= 0.3 is 6.09 Å². The average molecular weight is 475 g/mol. The van der Waals surface area contributed by atoms with Gasteiger partial charge in [-0.3, -0.25) is 4.79 Å². The molecule has 2 atom stereocenters. The molecule has 32 heavy (non-hydrogen) atoms. The van der Waals surface area contributed by atoms with Crippen LogP contribution in [-0.4, -0.2) is 70.3 Å². The Morgan fingerprint density at radius 2 is 1.97 bits per heavy atom. The number of aryl methyl sites for hydroxylation is 1. The molecule has 0 bridgehead atoms. The van der Waals surface area contributed by atoms with Crippen LogP contribution in [0.3, 0.4) is 0 Å². The molecule has 2 amide bonds. The van der Waals surface area contributed by atoms with Crippen LogP contribution in [0.25, 0.3) is 0 Å². The summed E-state index contributed by atoms with van der Waals surface area (Å²) in [6.07, 6.45) is 0.0984. The summed E-state index contributed by atoms with van der Waals surface area (Å²) in [7, 11) is -3.64. The number of aliphatic hydroxyl groups excluding tert-OH is 1. The standard InChI is InChI=1S/C20H34N4O7S/c1-6-10-24(18(26)16-22-15(7-2)31-23-16)17(25)14(21-19(27)30-20(3,4)5)12-32(28,29)11-13-8-9-13/h13-14,18,26H,6-12H2,1-5H3,(H,21,27). The lowest BCUT2D eigenvalue weighted by Crippen LogP contribution is -2.54. The fourth-order valence-electron chi connectivity index (χ4n) is 3.04. The maximum Gasteiger partial charge on any atom is 0.408 e. The van der Waals surface area contributed by atoms with Crippen LogP contribution in [0.15, 0.2) is 4.52 Å². The van der Waals surface area contributed by atoms with E-state index in [1.807, 2.05) is 0 Å². The van der Waals surface area contributed by atoms with Crippen molar-refractivity contribution in [2.24, 2.45) is 5.92 Å². The number of nitrogens with zero attached hydrogens (tertiary/aromatic N) is 3. The first kappa shape index (κ1) is 26.0. The Morgan fingerprint density at radius 3 is 2.47 bits per heavy atom. The van der Waals surface area contributed by atoms with Crippen LogP contribution in [0.5, 0.6) is 0 Å². The van der Waals surface area contributed by atoms with Gasteiger partial charge in [0.2, 0.25) is 17.6 Å². The lowest BCUT2D eigenvalue weighted by atomic mass is 10.2. The fraction of sp³-hybridized carbons (Fsp3) is 0.800. The van der Waals surface area contributed by atoms with Crippen molar-refractivity contribution in [2.75, 3.05) is 18.1 Å². The highest BCUT2D eigenvalue weighted by Crippen LogP contribution is 2.30. The van der Waals surface area contributed by atoms with Crippen molar-refractivity contribution in [3.63, 3.8) is 0 Å². The summed E-state index contributed by atoms with van der Waals surface area (Å²) < 4.78 is 35.5. The fourth-order valence-corrected chi connectivity index (χ4v) is 4.96. The SMILES string of the molecule is CCCN(C(=O)C(CS(=O)(=O)CC1CC1)NC(=O)OC(C)(C)C)C(O)c1noc(CC)n1. The number of aromatic nitrogens is 2. The van der Waals surface area contributed by atoms with E-state index in [1.54, 1.807) is 34.6 Å². The summed E-state index contributed by atoms with van der Waals surface area (Å²) in [5.41, 5.74) is -0.839. The van der Waals surface area contributed by atoms with Gasteiger partial charge in [-0.05, 0) is 46.0 Å². The second kappa shape index (κ2) is 10.6. The molecule has 2 rings (SSSR count). The molecular weight excluding hydrogens is 440 g/mol. The molecule has 2 N–H and O–H groups in total. The van der Waals surface area contributed by atoms with Gasteiger partial charge in [-0.25, -0.2) is 13.2 Å². The Labute approximate surface area is 188 Å². The predicted molar refractivity (Wildman–Crippen MR) is 115 cm³/mol. The van der Waals surface area contributed by atoms with Crippen LogP contribution >= 0.6 is 0 Å². The Hall–Kier alpha value is -2.21. The third-order valence-electron chi connectivity index (χ3n) is 4.66. The summed E-state index contributed by atoms with van der Waals surface area (Å²) in [5.74, 6) is -1.15. The number of carbonyl (C=O) groups is 2. The molecule has 0 saturated heterocycles. The predicted octanol–water partition coefficient (Wildman–Crippen LogP) is 1.58. The van der Waals surface area contributed by atoms with Crippen LogP contribution in [0.4, 0.5) is 4.79 Å². The molecule has 182 valence electrons. The first-order valence-electron chi connectivity index (χ1n) is 10.9. The Bertz CT molecular complexity index is 890. The summed E-state index contributed by atoms with van der Waals surface area (Å²) in [5, 5.41) is 16.8. The molecule has 0 spiro atoms. The molecule has 1 aliphatic rings. The number of carbonyl (C=O) groups excluding carboxylic acids is 2. The Balaban J connectivity index is 2.27. The van der Waals surface area contributed by atoms with Gasteiger partial charge in [-0.1, -0.05) is 19.0 Å². The molecule has 0 aliphatic heterocycles. The topological polar surface area (TPSA) is 152 Å². The van der Waals surface area contributed by atoms with Crippen molar-refractivity contribution in [1.29, 1.82) is 0 Å². The van der Waals surface area contributed by atoms with E-state index < -0.39 is 45.5 Å². The van der Waals surface area contributed by atoms with Gasteiger partial charge in [-0.15, -0.1) is 0 Å². The highest BCUT2D eigenvalue weighted by Gasteiger charge is 2.37. The van der Waals surface area contributed by atoms with Crippen LogP contribution in [0, 0.1) is 5.92 Å². The minimum absolute atomic E-state index is 0.0478. The van der Waals surface area contributed by atoms with E-state index in [0.29, 0.717) is 18.7 Å². The van der Waals surface area contributed by atoms with Gasteiger partial charge in [0.1, 0.15) is 11.6 Å². The van der Waals surface area contributed by atoms with Crippen LogP contribution < -0.4 is 5.32 Å². The zero-order valence-corrected chi connectivity index (χ0v) is 20.1. The second-order valence-electron chi connectivity index (χ2n) is 9.02. The first-order valence-corrected chi connectivity index (χ1v) is 12.7. The number of rotatable bonds is 11. The molecule has 1 aromatic rings. The number of aliphatic hydroxyl groups is 1. The molecule has 2 unspecified atom stereocenters. The molecule has 0 radical (unpaired) electrons. The second-order valence-corrected chi connectivity index (χ2v) is 11.2. The minimum atomic E-state index is -3.64. The smallest absolute Gasteiger partial charge is 0.408 e. The number of amides is 2. The highest BCUT2D eigenvalue weighted by atomic mass is 32.2. The number of nitrogens with one attached hydrogen (secondary N) is 1. The first-order chi connectivity index (χ1) is 14.8. The molecule has 12 heteroatoms. The van der Waals surface area contributed by atoms with E-state index in [2.05, 4.69) is 15.5 Å². The lowest BCUT2D eigenvalue weighted by molar-refractivity contribution is -0.144. The molecular formula is C20H34N4O7S. The zero-order chi connectivity index (χ0) is 24.1. The summed E-state index contributed by atoms with van der Waals surface area (Å²) in [4.78, 5) is 30.8. The number of hydrogen-bond acceptors (Lipinski definition) is 9. The van der Waals surface area contributed by atoms with Crippen LogP contribution in [0.2, 0.25) is 0 Å². The van der Waals surface area contributed by atoms with Crippen molar-refractivity contribution in [1.82, 2.24) is 20.4 Å². The number of ether oxygens (including phenoxy) is 1. The maximum atomic E-state index is 13.3. The summed E-state index contributed by atoms with van der Waals surface area (Å²) in [6, 6.07) is -1.44. The van der Waals surface area contributed by atoms with Crippen molar-refractivity contribution in [2.45, 2.75) is 78.2 Å². The zero-order valence-electron chi connectivity index (χ0n) is 19.3. The van der Waals surface area contributed by atoms with Gasteiger partial charge < -0.3 is 24.6 Å². The Morgan fingerprint density at radius 1 is 1.31 bits per heavy atom. The normalized spacial score (nSPS) is 16.3. The number of alkyl carbamates (subject to hydrolysis) is 1. The number of sulfone groups is 1. The van der Waals surface area contributed by atoms with Crippen LogP contribution in [-0.2, 0) is 25.8 Å². The van der Waals surface area contributed by atoms with E-state index in [1.165, 1.54) is 0 Å². The van der Waals surface area contributed by atoms with E-state index in [0.717, 1.165) is 17.7 Å². The van der Waals surface area contributed by atoms with Crippen LogP contribution in [0.1, 0.15) is 71.8 Å². The van der Waals surface area contributed by atoms with Crippen molar-refractivity contribution in [3.8, 4) is 0 Å². The molecule has 1 aliphatic carbocycles. The van der Waals surface area contributed by atoms with Gasteiger partial charge in [0.25, 0.3) is 0 Å². The third-order valence-corrected chi connectivity index (χ3v) is 6.48.